The van der Waals surface area contributed by atoms with Crippen LogP contribution in [0.4, 0.5) is 8.78 Å². The van der Waals surface area contributed by atoms with Crippen molar-refractivity contribution in [3.63, 3.8) is 0 Å². The molecule has 6 nitrogen and oxygen atoms in total. The summed E-state index contributed by atoms with van der Waals surface area (Å²) in [4.78, 5) is 3.11. The number of pyridine rings is 1. The zero-order chi connectivity index (χ0) is 18.0. The Balaban J connectivity index is 1.85. The van der Waals surface area contributed by atoms with Crippen LogP contribution in [0.5, 0.6) is 0 Å². The first-order valence-corrected chi connectivity index (χ1v) is 8.61. The van der Waals surface area contributed by atoms with Crippen LogP contribution >= 0.6 is 0 Å². The third-order valence-corrected chi connectivity index (χ3v) is 5.31. The predicted octanol–water partition coefficient (Wildman–Crippen LogP) is 2.84. The van der Waals surface area contributed by atoms with E-state index in [9.17, 15) is 17.2 Å². The SMILES string of the molecule is CN(Cc1cc(-c2ccccn2)no1)S(=O)(=O)c1c(F)cccc1F. The molecule has 0 aliphatic carbocycles. The number of nitrogens with zero attached hydrogens (tertiary/aromatic N) is 3. The number of sulfonamides is 1. The van der Waals surface area contributed by atoms with E-state index in [-0.39, 0.29) is 12.3 Å². The summed E-state index contributed by atoms with van der Waals surface area (Å²) in [7, 11) is -3.18. The Morgan fingerprint density at radius 1 is 1.08 bits per heavy atom. The predicted molar refractivity (Wildman–Crippen MR) is 84.7 cm³/mol. The van der Waals surface area contributed by atoms with Crippen molar-refractivity contribution in [2.75, 3.05) is 7.05 Å². The molecule has 0 fully saturated rings. The van der Waals surface area contributed by atoms with Gasteiger partial charge >= 0.3 is 0 Å². The molecular formula is C16H13F2N3O3S. The molecule has 2 aromatic heterocycles. The van der Waals surface area contributed by atoms with E-state index in [1.165, 1.54) is 13.1 Å². The summed E-state index contributed by atoms with van der Waals surface area (Å²) in [6, 6.07) is 9.62. The normalized spacial score (nSPS) is 11.8. The molecule has 0 spiro atoms. The molecule has 1 aromatic carbocycles. The lowest BCUT2D eigenvalue weighted by atomic mass is 10.2. The number of aromatic nitrogens is 2. The number of hydrogen-bond donors (Lipinski definition) is 0. The maximum Gasteiger partial charge on any atom is 0.249 e. The third-order valence-electron chi connectivity index (χ3n) is 3.45. The van der Waals surface area contributed by atoms with Crippen molar-refractivity contribution in [1.82, 2.24) is 14.4 Å². The Bertz CT molecular complexity index is 971. The molecule has 130 valence electrons. The van der Waals surface area contributed by atoms with Crippen LogP contribution in [-0.2, 0) is 16.6 Å². The van der Waals surface area contributed by atoms with Gasteiger partial charge in [-0.25, -0.2) is 17.2 Å². The summed E-state index contributed by atoms with van der Waals surface area (Å²) in [6.07, 6.45) is 1.58. The Hall–Kier alpha value is -2.65. The van der Waals surface area contributed by atoms with E-state index in [1.807, 2.05) is 0 Å². The molecule has 0 bridgehead atoms. The fourth-order valence-electron chi connectivity index (χ4n) is 2.21. The number of benzene rings is 1. The van der Waals surface area contributed by atoms with E-state index < -0.39 is 26.6 Å². The van der Waals surface area contributed by atoms with Crippen LogP contribution in [-0.4, -0.2) is 29.9 Å². The molecule has 0 unspecified atom stereocenters. The minimum Gasteiger partial charge on any atom is -0.359 e. The fourth-order valence-corrected chi connectivity index (χ4v) is 3.45. The Kier molecular flexibility index (Phi) is 4.60. The third kappa shape index (κ3) is 3.42. The zero-order valence-corrected chi connectivity index (χ0v) is 13.9. The molecule has 25 heavy (non-hydrogen) atoms. The van der Waals surface area contributed by atoms with Gasteiger partial charge < -0.3 is 4.52 Å². The van der Waals surface area contributed by atoms with Crippen molar-refractivity contribution in [2.45, 2.75) is 11.4 Å². The molecule has 0 radical (unpaired) electrons. The molecular weight excluding hydrogens is 352 g/mol. The van der Waals surface area contributed by atoms with Gasteiger partial charge in [0, 0.05) is 19.3 Å². The molecule has 0 N–H and O–H groups in total. The van der Waals surface area contributed by atoms with Crippen LogP contribution in [0.2, 0.25) is 0 Å². The number of rotatable bonds is 5. The van der Waals surface area contributed by atoms with Gasteiger partial charge in [0.25, 0.3) is 0 Å². The van der Waals surface area contributed by atoms with Crippen molar-refractivity contribution in [3.05, 3.63) is 66.1 Å². The number of halogens is 2. The van der Waals surface area contributed by atoms with Crippen molar-refractivity contribution in [1.29, 1.82) is 0 Å². The van der Waals surface area contributed by atoms with Crippen LogP contribution in [0.3, 0.4) is 0 Å². The zero-order valence-electron chi connectivity index (χ0n) is 13.1. The lowest BCUT2D eigenvalue weighted by Gasteiger charge is -2.16. The van der Waals surface area contributed by atoms with Gasteiger partial charge in [-0.1, -0.05) is 17.3 Å². The highest BCUT2D eigenvalue weighted by molar-refractivity contribution is 7.89. The highest BCUT2D eigenvalue weighted by Gasteiger charge is 2.29. The minimum absolute atomic E-state index is 0.212. The van der Waals surface area contributed by atoms with Gasteiger partial charge in [0.1, 0.15) is 17.3 Å². The Morgan fingerprint density at radius 3 is 2.44 bits per heavy atom. The number of hydrogen-bond acceptors (Lipinski definition) is 5. The van der Waals surface area contributed by atoms with Gasteiger partial charge in [0.05, 0.1) is 12.2 Å². The van der Waals surface area contributed by atoms with Crippen LogP contribution in [0.1, 0.15) is 5.76 Å². The quantitative estimate of drug-likeness (QED) is 0.695. The molecule has 2 heterocycles. The molecule has 0 amide bonds. The van der Waals surface area contributed by atoms with Gasteiger partial charge in [-0.3, -0.25) is 4.98 Å². The second kappa shape index (κ2) is 6.69. The summed E-state index contributed by atoms with van der Waals surface area (Å²) < 4.78 is 58.3. The minimum atomic E-state index is -4.37. The fraction of sp³-hybridized carbons (Fsp3) is 0.125. The monoisotopic (exact) mass is 365 g/mol. The second-order valence-electron chi connectivity index (χ2n) is 5.21. The smallest absolute Gasteiger partial charge is 0.249 e. The first-order valence-electron chi connectivity index (χ1n) is 7.17. The van der Waals surface area contributed by atoms with Crippen molar-refractivity contribution in [2.24, 2.45) is 0 Å². The first kappa shape index (κ1) is 17.2. The van der Waals surface area contributed by atoms with Gasteiger partial charge in [-0.05, 0) is 24.3 Å². The van der Waals surface area contributed by atoms with Crippen molar-refractivity contribution >= 4 is 10.0 Å². The van der Waals surface area contributed by atoms with Gasteiger partial charge in [0.15, 0.2) is 10.7 Å². The van der Waals surface area contributed by atoms with E-state index in [4.69, 9.17) is 4.52 Å². The summed E-state index contributed by atoms with van der Waals surface area (Å²) in [5.41, 5.74) is 0.988. The summed E-state index contributed by atoms with van der Waals surface area (Å²) in [5.74, 6) is -2.10. The molecule has 0 saturated heterocycles. The van der Waals surface area contributed by atoms with Crippen molar-refractivity contribution < 1.29 is 21.7 Å². The Labute approximate surface area is 142 Å². The van der Waals surface area contributed by atoms with E-state index in [0.29, 0.717) is 11.4 Å². The standard InChI is InChI=1S/C16H13F2N3O3S/c1-21(25(22,23)16-12(17)5-4-6-13(16)18)10-11-9-15(20-24-11)14-7-2-3-8-19-14/h2-9H,10H2,1H3. The summed E-state index contributed by atoms with van der Waals surface area (Å²) in [6.45, 7) is -0.240. The van der Waals surface area contributed by atoms with E-state index in [2.05, 4.69) is 10.1 Å². The molecule has 9 heteroatoms. The highest BCUT2D eigenvalue weighted by atomic mass is 32.2. The van der Waals surface area contributed by atoms with Gasteiger partial charge in [-0.15, -0.1) is 0 Å². The van der Waals surface area contributed by atoms with Crippen molar-refractivity contribution in [3.8, 4) is 11.4 Å². The van der Waals surface area contributed by atoms with E-state index in [0.717, 1.165) is 22.5 Å². The maximum absolute atomic E-state index is 13.8. The second-order valence-corrected chi connectivity index (χ2v) is 7.19. The highest BCUT2D eigenvalue weighted by Crippen LogP contribution is 2.24. The molecule has 0 aliphatic heterocycles. The topological polar surface area (TPSA) is 76.3 Å². The van der Waals surface area contributed by atoms with Crippen LogP contribution in [0, 0.1) is 11.6 Å². The average molecular weight is 365 g/mol. The molecule has 3 rings (SSSR count). The lowest BCUT2D eigenvalue weighted by Crippen LogP contribution is -2.28. The molecule has 3 aromatic rings. The molecule has 0 saturated carbocycles. The first-order chi connectivity index (χ1) is 11.9. The van der Waals surface area contributed by atoms with E-state index >= 15 is 0 Å². The van der Waals surface area contributed by atoms with Crippen LogP contribution < -0.4 is 0 Å². The maximum atomic E-state index is 13.8. The Morgan fingerprint density at radius 2 is 1.80 bits per heavy atom. The van der Waals surface area contributed by atoms with Crippen LogP contribution in [0.15, 0.2) is 58.1 Å². The summed E-state index contributed by atoms with van der Waals surface area (Å²) in [5, 5.41) is 3.82. The lowest BCUT2D eigenvalue weighted by molar-refractivity contribution is 0.342. The molecule has 0 aliphatic rings. The largest absolute Gasteiger partial charge is 0.359 e. The van der Waals surface area contributed by atoms with E-state index in [1.54, 1.807) is 24.4 Å². The van der Waals surface area contributed by atoms with Crippen LogP contribution in [0.25, 0.3) is 11.4 Å². The average Bonchev–Trinajstić information content (AvgIpc) is 3.04. The van der Waals surface area contributed by atoms with Gasteiger partial charge in [0.2, 0.25) is 10.0 Å². The summed E-state index contributed by atoms with van der Waals surface area (Å²) >= 11 is 0. The van der Waals surface area contributed by atoms with Gasteiger partial charge in [-0.2, -0.15) is 4.31 Å². The molecule has 0 atom stereocenters.